The highest BCUT2D eigenvalue weighted by molar-refractivity contribution is 7.09. The zero-order valence-electron chi connectivity index (χ0n) is 12.6. The van der Waals surface area contributed by atoms with Gasteiger partial charge in [0, 0.05) is 30.9 Å². The summed E-state index contributed by atoms with van der Waals surface area (Å²) in [7, 11) is 0. The van der Waals surface area contributed by atoms with Crippen LogP contribution in [0.1, 0.15) is 29.1 Å². The van der Waals surface area contributed by atoms with Crippen molar-refractivity contribution < 1.29 is 4.79 Å². The van der Waals surface area contributed by atoms with Crippen LogP contribution in [0.4, 0.5) is 0 Å². The standard InChI is InChI=1S/C17H21N3OS/c18-14-7-4-8-20(11-14)17(21)10-15-12-22-16(19-15)9-13-5-2-1-3-6-13/h1-3,5-6,12,14H,4,7-11,18H2. The number of rotatable bonds is 4. The molecule has 3 rings (SSSR count). The predicted octanol–water partition coefficient (Wildman–Crippen LogP) is 2.23. The van der Waals surface area contributed by atoms with Crippen LogP contribution in [0.2, 0.25) is 0 Å². The molecule has 1 aliphatic rings. The molecule has 2 N–H and O–H groups in total. The summed E-state index contributed by atoms with van der Waals surface area (Å²) in [6.45, 7) is 1.51. The summed E-state index contributed by atoms with van der Waals surface area (Å²) in [6.07, 6.45) is 3.23. The SMILES string of the molecule is NC1CCCN(C(=O)Cc2csc(Cc3ccccc3)n2)C1. The molecule has 1 amide bonds. The lowest BCUT2D eigenvalue weighted by Crippen LogP contribution is -2.46. The summed E-state index contributed by atoms with van der Waals surface area (Å²) in [5.41, 5.74) is 8.06. The van der Waals surface area contributed by atoms with Crippen molar-refractivity contribution in [3.8, 4) is 0 Å². The molecule has 22 heavy (non-hydrogen) atoms. The molecular formula is C17H21N3OS. The van der Waals surface area contributed by atoms with Crippen LogP contribution in [-0.4, -0.2) is 34.9 Å². The number of hydrogen-bond acceptors (Lipinski definition) is 4. The van der Waals surface area contributed by atoms with Crippen molar-refractivity contribution in [1.29, 1.82) is 0 Å². The van der Waals surface area contributed by atoms with Gasteiger partial charge in [-0.25, -0.2) is 4.98 Å². The van der Waals surface area contributed by atoms with E-state index >= 15 is 0 Å². The maximum absolute atomic E-state index is 12.3. The minimum absolute atomic E-state index is 0.127. The largest absolute Gasteiger partial charge is 0.341 e. The second-order valence-corrected chi connectivity index (χ2v) is 6.76. The average Bonchev–Trinajstić information content (AvgIpc) is 2.95. The number of nitrogens with two attached hydrogens (primary N) is 1. The van der Waals surface area contributed by atoms with Crippen LogP contribution in [-0.2, 0) is 17.6 Å². The molecular weight excluding hydrogens is 294 g/mol. The summed E-state index contributed by atoms with van der Waals surface area (Å²) >= 11 is 1.63. The first-order chi connectivity index (χ1) is 10.7. The summed E-state index contributed by atoms with van der Waals surface area (Å²) in [6, 6.07) is 10.4. The van der Waals surface area contributed by atoms with Gasteiger partial charge in [-0.3, -0.25) is 4.79 Å². The lowest BCUT2D eigenvalue weighted by Gasteiger charge is -2.30. The summed E-state index contributed by atoms with van der Waals surface area (Å²) in [5, 5.41) is 3.06. The third-order valence-electron chi connectivity index (χ3n) is 3.94. The van der Waals surface area contributed by atoms with E-state index in [0.29, 0.717) is 13.0 Å². The number of carbonyl (C=O) groups excluding carboxylic acids is 1. The van der Waals surface area contributed by atoms with Crippen LogP contribution in [0.5, 0.6) is 0 Å². The van der Waals surface area contributed by atoms with Crippen molar-refractivity contribution in [3.63, 3.8) is 0 Å². The lowest BCUT2D eigenvalue weighted by atomic mass is 10.1. The molecule has 0 spiro atoms. The van der Waals surface area contributed by atoms with Gasteiger partial charge in [0.25, 0.3) is 0 Å². The number of piperidine rings is 1. The van der Waals surface area contributed by atoms with Gasteiger partial charge in [0.15, 0.2) is 0 Å². The van der Waals surface area contributed by atoms with Crippen LogP contribution in [0.25, 0.3) is 0 Å². The van der Waals surface area contributed by atoms with E-state index in [1.165, 1.54) is 5.56 Å². The van der Waals surface area contributed by atoms with Crippen LogP contribution in [0, 0.1) is 0 Å². The summed E-state index contributed by atoms with van der Waals surface area (Å²) < 4.78 is 0. The highest BCUT2D eigenvalue weighted by Gasteiger charge is 2.21. The number of likely N-dealkylation sites (tertiary alicyclic amines) is 1. The molecule has 0 radical (unpaired) electrons. The van der Waals surface area contributed by atoms with Crippen molar-refractivity contribution in [2.45, 2.75) is 31.7 Å². The fourth-order valence-corrected chi connectivity index (χ4v) is 3.61. The van der Waals surface area contributed by atoms with E-state index in [1.807, 2.05) is 28.5 Å². The van der Waals surface area contributed by atoms with Gasteiger partial charge in [0.2, 0.25) is 5.91 Å². The maximum atomic E-state index is 12.3. The Bertz CT molecular complexity index is 626. The van der Waals surface area contributed by atoms with Gasteiger partial charge in [-0.15, -0.1) is 11.3 Å². The quantitative estimate of drug-likeness (QED) is 0.941. The molecule has 2 aromatic rings. The predicted molar refractivity (Wildman–Crippen MR) is 88.9 cm³/mol. The van der Waals surface area contributed by atoms with Crippen molar-refractivity contribution in [1.82, 2.24) is 9.88 Å². The molecule has 1 aliphatic heterocycles. The Labute approximate surface area is 135 Å². The molecule has 0 saturated carbocycles. The van der Waals surface area contributed by atoms with Crippen LogP contribution < -0.4 is 5.73 Å². The van der Waals surface area contributed by atoms with Crippen LogP contribution in [0.15, 0.2) is 35.7 Å². The molecule has 1 aromatic heterocycles. The van der Waals surface area contributed by atoms with E-state index in [2.05, 4.69) is 17.1 Å². The van der Waals surface area contributed by atoms with Gasteiger partial charge >= 0.3 is 0 Å². The van der Waals surface area contributed by atoms with Crippen molar-refractivity contribution in [3.05, 3.63) is 52.0 Å². The topological polar surface area (TPSA) is 59.2 Å². The lowest BCUT2D eigenvalue weighted by molar-refractivity contribution is -0.131. The molecule has 0 bridgehead atoms. The molecule has 5 heteroatoms. The second-order valence-electron chi connectivity index (χ2n) is 5.81. The van der Waals surface area contributed by atoms with Gasteiger partial charge in [-0.05, 0) is 18.4 Å². The van der Waals surface area contributed by atoms with Crippen molar-refractivity contribution >= 4 is 17.2 Å². The molecule has 0 aliphatic carbocycles. The third-order valence-corrected chi connectivity index (χ3v) is 4.84. The highest BCUT2D eigenvalue weighted by Crippen LogP contribution is 2.16. The molecule has 1 atom stereocenters. The number of thiazole rings is 1. The molecule has 4 nitrogen and oxygen atoms in total. The van der Waals surface area contributed by atoms with Crippen LogP contribution in [0.3, 0.4) is 0 Å². The van der Waals surface area contributed by atoms with Gasteiger partial charge in [-0.1, -0.05) is 30.3 Å². The Hall–Kier alpha value is -1.72. The number of aromatic nitrogens is 1. The first kappa shape index (κ1) is 15.2. The summed E-state index contributed by atoms with van der Waals surface area (Å²) in [5.74, 6) is 0.145. The van der Waals surface area contributed by atoms with Gasteiger partial charge in [-0.2, -0.15) is 0 Å². The zero-order chi connectivity index (χ0) is 15.4. The van der Waals surface area contributed by atoms with Crippen molar-refractivity contribution in [2.75, 3.05) is 13.1 Å². The third kappa shape index (κ3) is 3.93. The molecule has 116 valence electrons. The van der Waals surface area contributed by atoms with Gasteiger partial charge in [0.1, 0.15) is 0 Å². The van der Waals surface area contributed by atoms with E-state index < -0.39 is 0 Å². The van der Waals surface area contributed by atoms with E-state index in [0.717, 1.165) is 36.5 Å². The number of amides is 1. The minimum Gasteiger partial charge on any atom is -0.341 e. The number of hydrogen-bond donors (Lipinski definition) is 1. The second kappa shape index (κ2) is 7.03. The number of nitrogens with zero attached hydrogens (tertiary/aromatic N) is 2. The van der Waals surface area contributed by atoms with Crippen molar-refractivity contribution in [2.24, 2.45) is 5.73 Å². The number of carbonyl (C=O) groups is 1. The smallest absolute Gasteiger partial charge is 0.228 e. The van der Waals surface area contributed by atoms with E-state index in [4.69, 9.17) is 5.73 Å². The Morgan fingerprint density at radius 1 is 1.36 bits per heavy atom. The van der Waals surface area contributed by atoms with E-state index in [-0.39, 0.29) is 11.9 Å². The fraction of sp³-hybridized carbons (Fsp3) is 0.412. The molecule has 2 heterocycles. The first-order valence-corrected chi connectivity index (χ1v) is 8.59. The fourth-order valence-electron chi connectivity index (χ4n) is 2.79. The van der Waals surface area contributed by atoms with Gasteiger partial charge < -0.3 is 10.6 Å². The first-order valence-electron chi connectivity index (χ1n) is 7.71. The summed E-state index contributed by atoms with van der Waals surface area (Å²) in [4.78, 5) is 18.8. The molecule has 1 unspecified atom stereocenters. The van der Waals surface area contributed by atoms with Crippen LogP contribution >= 0.6 is 11.3 Å². The number of benzene rings is 1. The minimum atomic E-state index is 0.127. The highest BCUT2D eigenvalue weighted by atomic mass is 32.1. The average molecular weight is 315 g/mol. The normalized spacial score (nSPS) is 18.4. The molecule has 1 fully saturated rings. The Kier molecular flexibility index (Phi) is 4.85. The molecule has 1 saturated heterocycles. The van der Waals surface area contributed by atoms with E-state index in [1.54, 1.807) is 11.3 Å². The Balaban J connectivity index is 1.58. The Morgan fingerprint density at radius 3 is 2.95 bits per heavy atom. The molecule has 1 aromatic carbocycles. The maximum Gasteiger partial charge on any atom is 0.228 e. The monoisotopic (exact) mass is 315 g/mol. The van der Waals surface area contributed by atoms with Gasteiger partial charge in [0.05, 0.1) is 17.1 Å². The zero-order valence-corrected chi connectivity index (χ0v) is 13.4. The van der Waals surface area contributed by atoms with E-state index in [9.17, 15) is 4.79 Å². The Morgan fingerprint density at radius 2 is 2.18 bits per heavy atom.